The second kappa shape index (κ2) is 5.14. The highest BCUT2D eigenvalue weighted by molar-refractivity contribution is 5.91. The fourth-order valence-corrected chi connectivity index (χ4v) is 2.16. The fraction of sp³-hybridized carbons (Fsp3) is 0.188. The van der Waals surface area contributed by atoms with Crippen LogP contribution in [-0.4, -0.2) is 18.5 Å². The number of carbonyl (C=O) groups is 1. The van der Waals surface area contributed by atoms with E-state index in [1.165, 1.54) is 0 Å². The number of rotatable bonds is 3. The molecule has 3 heteroatoms. The summed E-state index contributed by atoms with van der Waals surface area (Å²) >= 11 is 0. The van der Waals surface area contributed by atoms with Crippen molar-refractivity contribution in [2.45, 2.75) is 13.8 Å². The van der Waals surface area contributed by atoms with Crippen LogP contribution >= 0.6 is 0 Å². The first-order valence-corrected chi connectivity index (χ1v) is 6.00. The van der Waals surface area contributed by atoms with E-state index >= 15 is 0 Å². The Labute approximate surface area is 112 Å². The lowest BCUT2D eigenvalue weighted by Crippen LogP contribution is -1.94. The molecule has 0 aliphatic heterocycles. The van der Waals surface area contributed by atoms with E-state index in [1.807, 2.05) is 32.0 Å². The van der Waals surface area contributed by atoms with Crippen molar-refractivity contribution in [1.82, 2.24) is 0 Å². The van der Waals surface area contributed by atoms with Gasteiger partial charge in [-0.1, -0.05) is 23.8 Å². The summed E-state index contributed by atoms with van der Waals surface area (Å²) < 4.78 is 5.32. The van der Waals surface area contributed by atoms with Crippen LogP contribution in [0.1, 0.15) is 21.5 Å². The third-order valence-corrected chi connectivity index (χ3v) is 3.05. The maximum absolute atomic E-state index is 11.2. The van der Waals surface area contributed by atoms with Crippen LogP contribution in [0, 0.1) is 13.8 Å². The number of aryl methyl sites for hydroxylation is 2. The largest absolute Gasteiger partial charge is 0.507 e. The molecule has 0 saturated carbocycles. The van der Waals surface area contributed by atoms with E-state index in [4.69, 9.17) is 4.74 Å². The summed E-state index contributed by atoms with van der Waals surface area (Å²) in [4.78, 5) is 11.2. The zero-order chi connectivity index (χ0) is 14.0. The van der Waals surface area contributed by atoms with Crippen LogP contribution in [0.3, 0.4) is 0 Å². The number of hydrogen-bond acceptors (Lipinski definition) is 3. The highest BCUT2D eigenvalue weighted by Gasteiger charge is 2.15. The molecule has 2 aromatic carbocycles. The van der Waals surface area contributed by atoms with Crippen molar-refractivity contribution in [3.8, 4) is 22.6 Å². The zero-order valence-corrected chi connectivity index (χ0v) is 11.2. The maximum atomic E-state index is 11.2. The van der Waals surface area contributed by atoms with Crippen molar-refractivity contribution >= 4 is 6.29 Å². The molecule has 19 heavy (non-hydrogen) atoms. The number of ether oxygens (including phenoxy) is 1. The molecule has 0 fully saturated rings. The lowest BCUT2D eigenvalue weighted by atomic mass is 9.95. The normalized spacial score (nSPS) is 10.3. The third-order valence-electron chi connectivity index (χ3n) is 3.05. The molecule has 3 nitrogen and oxygen atoms in total. The van der Waals surface area contributed by atoms with Crippen LogP contribution in [-0.2, 0) is 0 Å². The molecular formula is C16H16O3. The predicted molar refractivity (Wildman–Crippen MR) is 75.0 cm³/mol. The smallest absolute Gasteiger partial charge is 0.150 e. The highest BCUT2D eigenvalue weighted by Crippen LogP contribution is 2.40. The first-order valence-electron chi connectivity index (χ1n) is 6.00. The van der Waals surface area contributed by atoms with Gasteiger partial charge in [0.05, 0.1) is 12.7 Å². The van der Waals surface area contributed by atoms with E-state index in [9.17, 15) is 9.90 Å². The van der Waals surface area contributed by atoms with Gasteiger partial charge in [-0.2, -0.15) is 0 Å². The second-order valence-electron chi connectivity index (χ2n) is 4.57. The number of methoxy groups -OCH3 is 1. The second-order valence-corrected chi connectivity index (χ2v) is 4.57. The predicted octanol–water partition coefficient (Wildman–Crippen LogP) is 3.50. The lowest BCUT2D eigenvalue weighted by Gasteiger charge is -2.14. The number of phenols is 1. The van der Waals surface area contributed by atoms with E-state index < -0.39 is 0 Å². The lowest BCUT2D eigenvalue weighted by molar-refractivity contribution is 0.112. The Bertz CT molecular complexity index is 630. The van der Waals surface area contributed by atoms with Crippen LogP contribution in [0.4, 0.5) is 0 Å². The first kappa shape index (κ1) is 13.1. The molecular weight excluding hydrogens is 240 g/mol. The Morgan fingerprint density at radius 3 is 2.47 bits per heavy atom. The standard InChI is InChI=1S/C16H16O3/c1-10-4-5-12(9-17)13(6-10)16-14(18)7-11(2)8-15(16)19-3/h4-9,18H,1-3H3. The van der Waals surface area contributed by atoms with Gasteiger partial charge in [-0.3, -0.25) is 4.79 Å². The molecule has 0 unspecified atom stereocenters. The van der Waals surface area contributed by atoms with Crippen LogP contribution in [0.25, 0.3) is 11.1 Å². The molecule has 0 amide bonds. The summed E-state index contributed by atoms with van der Waals surface area (Å²) in [6.45, 7) is 3.82. The van der Waals surface area contributed by atoms with E-state index in [1.54, 1.807) is 19.2 Å². The summed E-state index contributed by atoms with van der Waals surface area (Å²) in [5.41, 5.74) is 3.69. The van der Waals surface area contributed by atoms with Gasteiger partial charge in [0, 0.05) is 5.56 Å². The Morgan fingerprint density at radius 2 is 1.84 bits per heavy atom. The van der Waals surface area contributed by atoms with Crippen molar-refractivity contribution in [3.63, 3.8) is 0 Å². The van der Waals surface area contributed by atoms with E-state index in [2.05, 4.69) is 0 Å². The maximum Gasteiger partial charge on any atom is 0.150 e. The minimum Gasteiger partial charge on any atom is -0.507 e. The van der Waals surface area contributed by atoms with Crippen molar-refractivity contribution in [2.24, 2.45) is 0 Å². The van der Waals surface area contributed by atoms with Gasteiger partial charge >= 0.3 is 0 Å². The summed E-state index contributed by atoms with van der Waals surface area (Å²) in [5.74, 6) is 0.678. The SMILES string of the molecule is COc1cc(C)cc(O)c1-c1cc(C)ccc1C=O. The van der Waals surface area contributed by atoms with Gasteiger partial charge in [0.1, 0.15) is 11.5 Å². The quantitative estimate of drug-likeness (QED) is 0.855. The van der Waals surface area contributed by atoms with E-state index in [-0.39, 0.29) is 5.75 Å². The van der Waals surface area contributed by atoms with Crippen molar-refractivity contribution in [2.75, 3.05) is 7.11 Å². The van der Waals surface area contributed by atoms with Crippen LogP contribution in [0.15, 0.2) is 30.3 Å². The monoisotopic (exact) mass is 256 g/mol. The summed E-state index contributed by atoms with van der Waals surface area (Å²) in [6, 6.07) is 8.98. The molecule has 0 bridgehead atoms. The third kappa shape index (κ3) is 2.45. The molecule has 0 radical (unpaired) electrons. The number of benzene rings is 2. The fourth-order valence-electron chi connectivity index (χ4n) is 2.16. The van der Waals surface area contributed by atoms with Crippen LogP contribution < -0.4 is 4.74 Å². The van der Waals surface area contributed by atoms with Crippen molar-refractivity contribution in [1.29, 1.82) is 0 Å². The van der Waals surface area contributed by atoms with Gasteiger partial charge in [-0.05, 0) is 37.1 Å². The molecule has 2 aromatic rings. The Morgan fingerprint density at radius 1 is 1.11 bits per heavy atom. The van der Waals surface area contributed by atoms with Gasteiger partial charge in [0.25, 0.3) is 0 Å². The molecule has 0 atom stereocenters. The summed E-state index contributed by atoms with van der Waals surface area (Å²) in [6.07, 6.45) is 0.785. The van der Waals surface area contributed by atoms with Crippen LogP contribution in [0.5, 0.6) is 11.5 Å². The summed E-state index contributed by atoms with van der Waals surface area (Å²) in [7, 11) is 1.55. The number of carbonyl (C=O) groups excluding carboxylic acids is 1. The Hall–Kier alpha value is -2.29. The average molecular weight is 256 g/mol. The molecule has 0 heterocycles. The molecule has 0 saturated heterocycles. The molecule has 0 aromatic heterocycles. The Balaban J connectivity index is 2.78. The van der Waals surface area contributed by atoms with Gasteiger partial charge in [-0.25, -0.2) is 0 Å². The summed E-state index contributed by atoms with van der Waals surface area (Å²) in [5, 5.41) is 10.2. The minimum atomic E-state index is 0.116. The van der Waals surface area contributed by atoms with Gasteiger partial charge in [-0.15, -0.1) is 0 Å². The van der Waals surface area contributed by atoms with Gasteiger partial charge in [0.15, 0.2) is 6.29 Å². The number of phenolic OH excluding ortho intramolecular Hbond substituents is 1. The number of hydrogen-bond donors (Lipinski definition) is 1. The zero-order valence-electron chi connectivity index (χ0n) is 11.2. The molecule has 0 aliphatic carbocycles. The Kier molecular flexibility index (Phi) is 3.56. The first-order chi connectivity index (χ1) is 9.06. The van der Waals surface area contributed by atoms with Crippen molar-refractivity contribution < 1.29 is 14.6 Å². The number of aromatic hydroxyl groups is 1. The molecule has 1 N–H and O–H groups in total. The van der Waals surface area contributed by atoms with E-state index in [0.29, 0.717) is 22.4 Å². The molecule has 0 aliphatic rings. The average Bonchev–Trinajstić information content (AvgIpc) is 2.37. The van der Waals surface area contributed by atoms with Crippen LogP contribution in [0.2, 0.25) is 0 Å². The minimum absolute atomic E-state index is 0.116. The van der Waals surface area contributed by atoms with Gasteiger partial charge in [0.2, 0.25) is 0 Å². The van der Waals surface area contributed by atoms with Gasteiger partial charge < -0.3 is 9.84 Å². The number of aldehydes is 1. The molecule has 0 spiro atoms. The van der Waals surface area contributed by atoms with E-state index in [0.717, 1.165) is 17.4 Å². The van der Waals surface area contributed by atoms with Crippen molar-refractivity contribution in [3.05, 3.63) is 47.0 Å². The molecule has 2 rings (SSSR count). The highest BCUT2D eigenvalue weighted by atomic mass is 16.5. The molecule has 98 valence electrons. The topological polar surface area (TPSA) is 46.5 Å².